The molecule has 0 saturated heterocycles. The number of anilines is 1. The first kappa shape index (κ1) is 20.6. The zero-order chi connectivity index (χ0) is 26.6. The topological polar surface area (TPSA) is 86.7 Å². The van der Waals surface area contributed by atoms with Crippen molar-refractivity contribution in [2.24, 2.45) is 0 Å². The number of para-hydroxylation sites is 1. The highest BCUT2D eigenvalue weighted by Gasteiger charge is 2.37. The van der Waals surface area contributed by atoms with Crippen LogP contribution in [0.15, 0.2) is 78.9 Å². The van der Waals surface area contributed by atoms with Crippen molar-refractivity contribution in [2.45, 2.75) is 6.23 Å². The summed E-state index contributed by atoms with van der Waals surface area (Å²) in [4.78, 5) is 41.6. The highest BCUT2D eigenvalue weighted by Crippen LogP contribution is 2.53. The lowest BCUT2D eigenvalue weighted by molar-refractivity contribution is 0.0841. The van der Waals surface area contributed by atoms with Crippen molar-refractivity contribution >= 4 is 88.0 Å². The molecule has 2 aliphatic rings. The molecule has 0 bridgehead atoms. The van der Waals surface area contributed by atoms with E-state index in [2.05, 4.69) is 5.32 Å². The van der Waals surface area contributed by atoms with Crippen molar-refractivity contribution in [1.82, 2.24) is 5.32 Å². The van der Waals surface area contributed by atoms with E-state index < -0.39 is 18.0 Å². The second kappa shape index (κ2) is 6.45. The van der Waals surface area contributed by atoms with E-state index >= 15 is 0 Å². The molecule has 0 aromatic heterocycles. The molecule has 8 aromatic carbocycles. The molecule has 1 atom stereocenters. The Morgan fingerprint density at radius 2 is 1.05 bits per heavy atom. The number of aliphatic hydroxyl groups is 1. The maximum atomic E-state index is 14.1. The fraction of sp³-hybridized carbons (Fsp3) is 0.0294. The summed E-state index contributed by atoms with van der Waals surface area (Å²) in [5.41, 5.74) is 2.85. The number of nitrogens with zero attached hydrogens (tertiary/aromatic N) is 1. The molecule has 3 amide bonds. The van der Waals surface area contributed by atoms with Gasteiger partial charge in [0.15, 0.2) is 6.23 Å². The Balaban J connectivity index is 1.49. The number of hydrogen-bond acceptors (Lipinski definition) is 4. The quantitative estimate of drug-likeness (QED) is 0.149. The molecule has 6 heteroatoms. The maximum absolute atomic E-state index is 14.1. The van der Waals surface area contributed by atoms with Gasteiger partial charge in [0.25, 0.3) is 17.7 Å². The number of benzene rings is 8. The third-order valence-corrected chi connectivity index (χ3v) is 9.07. The molecule has 8 aromatic rings. The van der Waals surface area contributed by atoms with E-state index in [0.29, 0.717) is 33.3 Å². The predicted octanol–water partition coefficient (Wildman–Crippen LogP) is 6.45. The van der Waals surface area contributed by atoms with Crippen LogP contribution in [0.3, 0.4) is 0 Å². The van der Waals surface area contributed by atoms with Gasteiger partial charge in [-0.05, 0) is 84.9 Å². The molecule has 2 N–H and O–H groups in total. The van der Waals surface area contributed by atoms with Gasteiger partial charge in [0.2, 0.25) is 0 Å². The summed E-state index contributed by atoms with van der Waals surface area (Å²) in [6, 6.07) is 24.9. The summed E-state index contributed by atoms with van der Waals surface area (Å²) in [6.07, 6.45) is -1.16. The Morgan fingerprint density at radius 3 is 1.62 bits per heavy atom. The van der Waals surface area contributed by atoms with Crippen LogP contribution in [0.1, 0.15) is 42.9 Å². The number of nitrogens with one attached hydrogen (secondary N) is 1. The second-order valence-corrected chi connectivity index (χ2v) is 10.9. The minimum atomic E-state index is -1.16. The van der Waals surface area contributed by atoms with Crippen LogP contribution < -0.4 is 10.2 Å². The Labute approximate surface area is 225 Å². The molecule has 0 aliphatic carbocycles. The summed E-state index contributed by atoms with van der Waals surface area (Å²) in [7, 11) is 0. The molecule has 2 heterocycles. The largest absolute Gasteiger partial charge is 0.369 e. The number of hydrogen-bond donors (Lipinski definition) is 2. The van der Waals surface area contributed by atoms with Gasteiger partial charge in [0.1, 0.15) is 0 Å². The molecule has 1 unspecified atom stereocenters. The van der Waals surface area contributed by atoms with E-state index in [1.807, 2.05) is 78.9 Å². The van der Waals surface area contributed by atoms with Crippen LogP contribution in [-0.2, 0) is 0 Å². The van der Waals surface area contributed by atoms with Gasteiger partial charge in [0.05, 0.1) is 0 Å². The molecule has 2 aliphatic heterocycles. The lowest BCUT2D eigenvalue weighted by Gasteiger charge is -2.35. The van der Waals surface area contributed by atoms with Gasteiger partial charge in [-0.1, -0.05) is 42.5 Å². The first-order valence-corrected chi connectivity index (χ1v) is 13.2. The molecule has 0 saturated carbocycles. The molecule has 6 nitrogen and oxygen atoms in total. The predicted molar refractivity (Wildman–Crippen MR) is 155 cm³/mol. The van der Waals surface area contributed by atoms with Crippen LogP contribution in [0.4, 0.5) is 5.69 Å². The van der Waals surface area contributed by atoms with Crippen LogP contribution in [0.25, 0.3) is 64.6 Å². The SMILES string of the molecule is O=C1NC(=O)c2cc3ccc4cc5c6c(cc7ccc8cc1c2c1c8c7c6c4c31)C(=O)N(c1ccccc1)C5O. The zero-order valence-corrected chi connectivity index (χ0v) is 20.7. The number of carbonyl (C=O) groups is 3. The lowest BCUT2D eigenvalue weighted by Crippen LogP contribution is -2.38. The van der Waals surface area contributed by atoms with Crippen molar-refractivity contribution in [2.75, 3.05) is 4.90 Å². The fourth-order valence-electron chi connectivity index (χ4n) is 7.55. The number of rotatable bonds is 1. The summed E-state index contributed by atoms with van der Waals surface area (Å²) in [6.45, 7) is 0. The molecule has 10 rings (SSSR count). The third-order valence-electron chi connectivity index (χ3n) is 9.07. The maximum Gasteiger partial charge on any atom is 0.261 e. The minimum absolute atomic E-state index is 0.252. The van der Waals surface area contributed by atoms with Crippen molar-refractivity contribution in [1.29, 1.82) is 0 Å². The second-order valence-electron chi connectivity index (χ2n) is 10.9. The van der Waals surface area contributed by atoms with E-state index in [-0.39, 0.29) is 5.91 Å². The van der Waals surface area contributed by atoms with Crippen molar-refractivity contribution in [3.8, 4) is 0 Å². The van der Waals surface area contributed by atoms with Crippen LogP contribution in [0.2, 0.25) is 0 Å². The zero-order valence-electron chi connectivity index (χ0n) is 20.7. The van der Waals surface area contributed by atoms with E-state index in [9.17, 15) is 19.5 Å². The molecule has 40 heavy (non-hydrogen) atoms. The Hall–Kier alpha value is -5.33. The molecule has 0 radical (unpaired) electrons. The van der Waals surface area contributed by atoms with Gasteiger partial charge < -0.3 is 5.11 Å². The molecular weight excluding hydrogens is 500 g/mol. The first-order valence-electron chi connectivity index (χ1n) is 13.2. The Bertz CT molecular complexity index is 2410. The third kappa shape index (κ3) is 2.11. The summed E-state index contributed by atoms with van der Waals surface area (Å²) >= 11 is 0. The van der Waals surface area contributed by atoms with Crippen molar-refractivity contribution in [3.05, 3.63) is 101 Å². The highest BCUT2D eigenvalue weighted by atomic mass is 16.3. The molecular formula is C34H16N2O4. The number of amides is 3. The van der Waals surface area contributed by atoms with Crippen LogP contribution >= 0.6 is 0 Å². The van der Waals surface area contributed by atoms with Crippen LogP contribution in [0, 0.1) is 0 Å². The van der Waals surface area contributed by atoms with Gasteiger partial charge >= 0.3 is 0 Å². The van der Waals surface area contributed by atoms with Gasteiger partial charge in [-0.25, -0.2) is 0 Å². The van der Waals surface area contributed by atoms with Gasteiger partial charge in [-0.2, -0.15) is 0 Å². The Kier molecular flexibility index (Phi) is 3.32. The standard InChI is InChI=1S/C34H16N2O4/c37-31-19-10-14-6-8-16-12-21-28-22(34(40)36(33(21)39)18-4-2-1-3-5-18)13-17-9-7-15-11-20(32(38)35-31)27(19)29-23(14)25(16)30(28)26(17)24(15)29/h1-13,33,39H,(H,35,37,38). The summed E-state index contributed by atoms with van der Waals surface area (Å²) in [5, 5.41) is 25.1. The van der Waals surface area contributed by atoms with Crippen molar-refractivity contribution < 1.29 is 19.5 Å². The highest BCUT2D eigenvalue weighted by molar-refractivity contribution is 6.49. The lowest BCUT2D eigenvalue weighted by atomic mass is 9.77. The van der Waals surface area contributed by atoms with Crippen LogP contribution in [0.5, 0.6) is 0 Å². The number of aliphatic hydroxyl groups excluding tert-OH is 1. The molecule has 0 spiro atoms. The van der Waals surface area contributed by atoms with Gasteiger partial charge in [-0.15, -0.1) is 0 Å². The summed E-state index contributed by atoms with van der Waals surface area (Å²) < 4.78 is 0. The van der Waals surface area contributed by atoms with Crippen LogP contribution in [-0.4, -0.2) is 22.8 Å². The monoisotopic (exact) mass is 516 g/mol. The first-order chi connectivity index (χ1) is 19.5. The van der Waals surface area contributed by atoms with Gasteiger partial charge in [0, 0.05) is 44.1 Å². The van der Waals surface area contributed by atoms with Crippen molar-refractivity contribution in [3.63, 3.8) is 0 Å². The fourth-order valence-corrected chi connectivity index (χ4v) is 7.55. The Morgan fingerprint density at radius 1 is 0.550 bits per heavy atom. The van der Waals surface area contributed by atoms with E-state index in [0.717, 1.165) is 59.2 Å². The number of carbonyl (C=O) groups excluding carboxylic acids is 3. The van der Waals surface area contributed by atoms with Gasteiger partial charge in [-0.3, -0.25) is 24.6 Å². The van der Waals surface area contributed by atoms with E-state index in [1.165, 1.54) is 4.90 Å². The average molecular weight is 517 g/mol. The number of imide groups is 1. The van der Waals surface area contributed by atoms with E-state index in [4.69, 9.17) is 0 Å². The normalized spacial score (nSPS) is 17.2. The molecule has 0 fully saturated rings. The van der Waals surface area contributed by atoms with E-state index in [1.54, 1.807) is 0 Å². The smallest absolute Gasteiger partial charge is 0.261 e. The summed E-state index contributed by atoms with van der Waals surface area (Å²) in [5.74, 6) is -1.04. The minimum Gasteiger partial charge on any atom is -0.369 e. The molecule has 186 valence electrons. The average Bonchev–Trinajstić information content (AvgIpc) is 2.97.